The Kier molecular flexibility index (Phi) is 2.37. The lowest BCUT2D eigenvalue weighted by Crippen LogP contribution is -2.06. The molecule has 0 aliphatic heterocycles. The van der Waals surface area contributed by atoms with Crippen molar-refractivity contribution in [2.45, 2.75) is 0 Å². The third kappa shape index (κ3) is 1.81. The normalized spacial score (nSPS) is 11.4. The smallest absolute Gasteiger partial charge is 0.183 e. The van der Waals surface area contributed by atoms with Crippen molar-refractivity contribution < 1.29 is 4.39 Å². The first-order chi connectivity index (χ1) is 7.18. The van der Waals surface area contributed by atoms with Gasteiger partial charge in [-0.3, -0.25) is 5.10 Å². The summed E-state index contributed by atoms with van der Waals surface area (Å²) in [5.41, 5.74) is 0.392. The van der Waals surface area contributed by atoms with Crippen molar-refractivity contribution in [3.8, 4) is 0 Å². The van der Waals surface area contributed by atoms with Crippen molar-refractivity contribution >= 4 is 23.1 Å². The van der Waals surface area contributed by atoms with E-state index in [-0.39, 0.29) is 5.82 Å². The molecule has 4 nitrogen and oxygen atoms in total. The average molecular weight is 206 g/mol. The second-order valence-corrected chi connectivity index (χ2v) is 3.42. The lowest BCUT2D eigenvalue weighted by molar-refractivity contribution is 0.636. The van der Waals surface area contributed by atoms with Crippen LogP contribution >= 0.6 is 0 Å². The van der Waals surface area contributed by atoms with Crippen molar-refractivity contribution in [2.24, 2.45) is 4.99 Å². The zero-order chi connectivity index (χ0) is 10.8. The number of rotatable bonds is 2. The van der Waals surface area contributed by atoms with Gasteiger partial charge in [-0.15, -0.1) is 0 Å². The Bertz CT molecular complexity index is 501. The third-order valence-corrected chi connectivity index (χ3v) is 1.94. The zero-order valence-corrected chi connectivity index (χ0v) is 8.53. The first kappa shape index (κ1) is 9.64. The van der Waals surface area contributed by atoms with Gasteiger partial charge in [-0.2, -0.15) is 5.10 Å². The number of nitrogens with one attached hydrogen (secondary N) is 1. The molecule has 0 spiro atoms. The van der Waals surface area contributed by atoms with Crippen LogP contribution in [0, 0.1) is 5.82 Å². The number of aromatic nitrogens is 2. The van der Waals surface area contributed by atoms with Crippen LogP contribution in [0.4, 0.5) is 10.2 Å². The zero-order valence-electron chi connectivity index (χ0n) is 8.53. The number of hydrogen-bond donors (Lipinski definition) is 1. The van der Waals surface area contributed by atoms with Crippen LogP contribution in [0.1, 0.15) is 0 Å². The molecule has 0 aliphatic carbocycles. The number of hydrogen-bond acceptors (Lipinski definition) is 2. The Morgan fingerprint density at radius 2 is 2.27 bits per heavy atom. The molecule has 0 unspecified atom stereocenters. The maximum atomic E-state index is 13.3. The number of para-hydroxylation sites is 1. The maximum absolute atomic E-state index is 13.3. The summed E-state index contributed by atoms with van der Waals surface area (Å²) in [6.45, 7) is 0. The molecule has 15 heavy (non-hydrogen) atoms. The molecule has 2 rings (SSSR count). The monoisotopic (exact) mass is 206 g/mol. The van der Waals surface area contributed by atoms with E-state index in [4.69, 9.17) is 0 Å². The van der Waals surface area contributed by atoms with E-state index < -0.39 is 0 Å². The molecule has 0 fully saturated rings. The quantitative estimate of drug-likeness (QED) is 0.602. The standard InChI is InChI=1S/C10H11FN4/c1-15(2)6-12-10-7-4-3-5-8(11)9(7)13-14-10/h3-6H,1-2H3,(H,13,14)/b12-6-. The van der Waals surface area contributed by atoms with Crippen LogP contribution in [0.3, 0.4) is 0 Å². The largest absolute Gasteiger partial charge is 0.369 e. The number of aromatic amines is 1. The highest BCUT2D eigenvalue weighted by molar-refractivity contribution is 5.89. The molecule has 0 saturated carbocycles. The van der Waals surface area contributed by atoms with Gasteiger partial charge >= 0.3 is 0 Å². The number of H-pyrrole nitrogens is 1. The van der Waals surface area contributed by atoms with Crippen molar-refractivity contribution in [3.05, 3.63) is 24.0 Å². The van der Waals surface area contributed by atoms with Gasteiger partial charge in [-0.1, -0.05) is 6.07 Å². The molecule has 0 atom stereocenters. The molecular weight excluding hydrogens is 195 g/mol. The highest BCUT2D eigenvalue weighted by atomic mass is 19.1. The minimum atomic E-state index is -0.314. The summed E-state index contributed by atoms with van der Waals surface area (Å²) in [5.74, 6) is 0.185. The fourth-order valence-electron chi connectivity index (χ4n) is 1.26. The summed E-state index contributed by atoms with van der Waals surface area (Å²) in [4.78, 5) is 5.92. The molecule has 5 heteroatoms. The Morgan fingerprint density at radius 3 is 3.00 bits per heavy atom. The molecule has 0 amide bonds. The lowest BCUT2D eigenvalue weighted by Gasteiger charge is -2.00. The van der Waals surface area contributed by atoms with E-state index in [2.05, 4.69) is 15.2 Å². The lowest BCUT2D eigenvalue weighted by atomic mass is 10.2. The maximum Gasteiger partial charge on any atom is 0.183 e. The van der Waals surface area contributed by atoms with Gasteiger partial charge in [0.15, 0.2) is 5.82 Å². The third-order valence-electron chi connectivity index (χ3n) is 1.94. The molecule has 1 aromatic carbocycles. The average Bonchev–Trinajstić information content (AvgIpc) is 2.59. The summed E-state index contributed by atoms with van der Waals surface area (Å²) in [6, 6.07) is 4.81. The van der Waals surface area contributed by atoms with Gasteiger partial charge in [0.25, 0.3) is 0 Å². The molecule has 0 radical (unpaired) electrons. The predicted molar refractivity (Wildman–Crippen MR) is 57.9 cm³/mol. The number of fused-ring (bicyclic) bond motifs is 1. The first-order valence-electron chi connectivity index (χ1n) is 4.51. The van der Waals surface area contributed by atoms with Crippen LogP contribution in [-0.4, -0.2) is 35.5 Å². The van der Waals surface area contributed by atoms with E-state index in [1.54, 1.807) is 23.4 Å². The summed E-state index contributed by atoms with van der Waals surface area (Å²) in [6.07, 6.45) is 1.63. The van der Waals surface area contributed by atoms with Crippen molar-refractivity contribution in [1.29, 1.82) is 0 Å². The van der Waals surface area contributed by atoms with Gasteiger partial charge in [-0.05, 0) is 12.1 Å². The van der Waals surface area contributed by atoms with Gasteiger partial charge in [0.05, 0.1) is 6.34 Å². The van der Waals surface area contributed by atoms with Gasteiger partial charge in [0, 0.05) is 19.5 Å². The molecular formula is C10H11FN4. The fourth-order valence-corrected chi connectivity index (χ4v) is 1.26. The van der Waals surface area contributed by atoms with E-state index in [0.29, 0.717) is 16.7 Å². The molecule has 2 aromatic rings. The topological polar surface area (TPSA) is 44.3 Å². The Balaban J connectivity index is 2.50. The molecule has 1 N–H and O–H groups in total. The molecule has 0 aliphatic rings. The fraction of sp³-hybridized carbons (Fsp3) is 0.200. The highest BCUT2D eigenvalue weighted by Gasteiger charge is 2.06. The Morgan fingerprint density at radius 1 is 1.47 bits per heavy atom. The van der Waals surface area contributed by atoms with E-state index in [9.17, 15) is 4.39 Å². The molecule has 0 bridgehead atoms. The number of nitrogens with zero attached hydrogens (tertiary/aromatic N) is 3. The van der Waals surface area contributed by atoms with Crippen LogP contribution in [0.25, 0.3) is 10.9 Å². The predicted octanol–water partition coefficient (Wildman–Crippen LogP) is 1.92. The highest BCUT2D eigenvalue weighted by Crippen LogP contribution is 2.24. The second-order valence-electron chi connectivity index (χ2n) is 3.42. The van der Waals surface area contributed by atoms with Crippen molar-refractivity contribution in [2.75, 3.05) is 14.1 Å². The minimum absolute atomic E-state index is 0.314. The van der Waals surface area contributed by atoms with Crippen LogP contribution in [0.2, 0.25) is 0 Å². The van der Waals surface area contributed by atoms with Crippen LogP contribution in [-0.2, 0) is 0 Å². The SMILES string of the molecule is CN(C)/C=N\c1n[nH]c2c(F)cccc12. The Hall–Kier alpha value is -1.91. The van der Waals surface area contributed by atoms with E-state index in [0.717, 1.165) is 0 Å². The minimum Gasteiger partial charge on any atom is -0.369 e. The molecule has 78 valence electrons. The van der Waals surface area contributed by atoms with Crippen LogP contribution < -0.4 is 0 Å². The van der Waals surface area contributed by atoms with Gasteiger partial charge in [0.2, 0.25) is 0 Å². The summed E-state index contributed by atoms with van der Waals surface area (Å²) in [5, 5.41) is 7.25. The van der Waals surface area contributed by atoms with Gasteiger partial charge < -0.3 is 4.90 Å². The van der Waals surface area contributed by atoms with Crippen molar-refractivity contribution in [1.82, 2.24) is 15.1 Å². The van der Waals surface area contributed by atoms with E-state index >= 15 is 0 Å². The van der Waals surface area contributed by atoms with Crippen molar-refractivity contribution in [3.63, 3.8) is 0 Å². The number of benzene rings is 1. The van der Waals surface area contributed by atoms with E-state index in [1.807, 2.05) is 14.1 Å². The number of halogens is 1. The summed E-state index contributed by atoms with van der Waals surface area (Å²) in [7, 11) is 3.72. The molecule has 1 heterocycles. The van der Waals surface area contributed by atoms with Gasteiger partial charge in [0.1, 0.15) is 11.3 Å². The summed E-state index contributed by atoms with van der Waals surface area (Å²) < 4.78 is 13.3. The first-order valence-corrected chi connectivity index (χ1v) is 4.51. The second kappa shape index (κ2) is 3.68. The summed E-state index contributed by atoms with van der Waals surface area (Å²) >= 11 is 0. The number of aliphatic imine (C=N–C) groups is 1. The van der Waals surface area contributed by atoms with E-state index in [1.165, 1.54) is 6.07 Å². The van der Waals surface area contributed by atoms with Crippen LogP contribution in [0.5, 0.6) is 0 Å². The van der Waals surface area contributed by atoms with Gasteiger partial charge in [-0.25, -0.2) is 9.38 Å². The molecule has 0 saturated heterocycles. The Labute approximate surface area is 86.4 Å². The van der Waals surface area contributed by atoms with Crippen LogP contribution in [0.15, 0.2) is 23.2 Å². The molecule has 1 aromatic heterocycles.